The molecule has 0 saturated heterocycles. The van der Waals surface area contributed by atoms with Crippen LogP contribution in [0.4, 0.5) is 5.82 Å². The number of hydrogen-bond donors (Lipinski definition) is 1. The minimum Gasteiger partial charge on any atom is -0.481 e. The van der Waals surface area contributed by atoms with Crippen molar-refractivity contribution in [1.82, 2.24) is 9.97 Å². The van der Waals surface area contributed by atoms with Gasteiger partial charge >= 0.3 is 0 Å². The number of anilines is 1. The van der Waals surface area contributed by atoms with Gasteiger partial charge < -0.3 is 14.5 Å². The number of methoxy groups -OCH3 is 1. The Hall–Kier alpha value is -2.04. The molecule has 0 saturated carbocycles. The molecule has 0 radical (unpaired) electrons. The SMILES string of the molecule is COc1cc(NC(C)CCc2ccco2)ncn1. The lowest BCUT2D eigenvalue weighted by atomic mass is 10.1. The van der Waals surface area contributed by atoms with Gasteiger partial charge in [0, 0.05) is 18.5 Å². The first kappa shape index (κ1) is 12.4. The molecule has 0 aromatic carbocycles. The van der Waals surface area contributed by atoms with Crippen molar-refractivity contribution in [2.45, 2.75) is 25.8 Å². The largest absolute Gasteiger partial charge is 0.481 e. The predicted molar refractivity (Wildman–Crippen MR) is 68.7 cm³/mol. The lowest BCUT2D eigenvalue weighted by Gasteiger charge is -2.13. The molecule has 2 heterocycles. The summed E-state index contributed by atoms with van der Waals surface area (Å²) < 4.78 is 10.3. The van der Waals surface area contributed by atoms with E-state index in [0.717, 1.165) is 24.4 Å². The van der Waals surface area contributed by atoms with E-state index >= 15 is 0 Å². The minimum absolute atomic E-state index is 0.301. The van der Waals surface area contributed by atoms with Crippen LogP contribution in [0.25, 0.3) is 0 Å². The number of aromatic nitrogens is 2. The standard InChI is InChI=1S/C13H17N3O2/c1-10(5-6-11-4-3-7-18-11)16-12-8-13(17-2)15-9-14-12/h3-4,7-10H,5-6H2,1-2H3,(H,14,15,16). The summed E-state index contributed by atoms with van der Waals surface area (Å²) in [5.74, 6) is 2.34. The van der Waals surface area contributed by atoms with Gasteiger partial charge in [-0.1, -0.05) is 0 Å². The first-order valence-electron chi connectivity index (χ1n) is 5.93. The molecule has 1 atom stereocenters. The molecular weight excluding hydrogens is 230 g/mol. The Labute approximate surface area is 106 Å². The Kier molecular flexibility index (Phi) is 4.17. The summed E-state index contributed by atoms with van der Waals surface area (Å²) in [6.45, 7) is 2.11. The molecule has 0 bridgehead atoms. The molecule has 0 amide bonds. The number of nitrogens with one attached hydrogen (secondary N) is 1. The van der Waals surface area contributed by atoms with Gasteiger partial charge in [0.2, 0.25) is 5.88 Å². The summed E-state index contributed by atoms with van der Waals surface area (Å²) in [6, 6.07) is 5.97. The second-order valence-electron chi connectivity index (χ2n) is 4.11. The highest BCUT2D eigenvalue weighted by molar-refractivity contribution is 5.37. The lowest BCUT2D eigenvalue weighted by molar-refractivity contribution is 0.397. The summed E-state index contributed by atoms with van der Waals surface area (Å²) in [5, 5.41) is 3.31. The van der Waals surface area contributed by atoms with Crippen LogP contribution < -0.4 is 10.1 Å². The molecule has 5 heteroatoms. The highest BCUT2D eigenvalue weighted by atomic mass is 16.5. The Balaban J connectivity index is 1.84. The smallest absolute Gasteiger partial charge is 0.218 e. The minimum atomic E-state index is 0.301. The highest BCUT2D eigenvalue weighted by Crippen LogP contribution is 2.13. The number of furan rings is 1. The van der Waals surface area contributed by atoms with Crippen LogP contribution in [0, 0.1) is 0 Å². The molecule has 0 spiro atoms. The van der Waals surface area contributed by atoms with E-state index < -0.39 is 0 Å². The third kappa shape index (κ3) is 3.48. The average molecular weight is 247 g/mol. The van der Waals surface area contributed by atoms with Crippen molar-refractivity contribution in [3.63, 3.8) is 0 Å². The summed E-state index contributed by atoms with van der Waals surface area (Å²) in [7, 11) is 1.59. The van der Waals surface area contributed by atoms with E-state index in [0.29, 0.717) is 11.9 Å². The van der Waals surface area contributed by atoms with Gasteiger partial charge in [0.1, 0.15) is 17.9 Å². The van der Waals surface area contributed by atoms with E-state index in [1.165, 1.54) is 6.33 Å². The summed E-state index contributed by atoms with van der Waals surface area (Å²) in [5.41, 5.74) is 0. The second-order valence-corrected chi connectivity index (χ2v) is 4.11. The zero-order valence-corrected chi connectivity index (χ0v) is 10.6. The molecule has 2 aromatic rings. The number of ether oxygens (including phenoxy) is 1. The van der Waals surface area contributed by atoms with Crippen LogP contribution in [-0.2, 0) is 6.42 Å². The van der Waals surface area contributed by atoms with Crippen LogP contribution in [0.15, 0.2) is 35.2 Å². The van der Waals surface area contributed by atoms with Gasteiger partial charge in [-0.2, -0.15) is 0 Å². The van der Waals surface area contributed by atoms with E-state index in [1.54, 1.807) is 19.4 Å². The lowest BCUT2D eigenvalue weighted by Crippen LogP contribution is -2.16. The zero-order valence-electron chi connectivity index (χ0n) is 10.6. The van der Waals surface area contributed by atoms with Crippen molar-refractivity contribution in [3.8, 4) is 5.88 Å². The normalized spacial score (nSPS) is 12.1. The molecule has 96 valence electrons. The van der Waals surface area contributed by atoms with Crippen LogP contribution in [0.1, 0.15) is 19.1 Å². The summed E-state index contributed by atoms with van der Waals surface area (Å²) >= 11 is 0. The molecule has 0 aliphatic rings. The molecule has 2 rings (SSSR count). The van der Waals surface area contributed by atoms with E-state index in [1.807, 2.05) is 12.1 Å². The average Bonchev–Trinajstić information content (AvgIpc) is 2.90. The molecule has 1 N–H and O–H groups in total. The van der Waals surface area contributed by atoms with E-state index in [9.17, 15) is 0 Å². The molecule has 5 nitrogen and oxygen atoms in total. The quantitative estimate of drug-likeness (QED) is 0.849. The molecule has 18 heavy (non-hydrogen) atoms. The number of rotatable bonds is 6. The van der Waals surface area contributed by atoms with Crippen molar-refractivity contribution >= 4 is 5.82 Å². The Bertz CT molecular complexity index is 471. The number of hydrogen-bond acceptors (Lipinski definition) is 5. The van der Waals surface area contributed by atoms with E-state index in [4.69, 9.17) is 9.15 Å². The monoisotopic (exact) mass is 247 g/mol. The van der Waals surface area contributed by atoms with Crippen molar-refractivity contribution < 1.29 is 9.15 Å². The maximum Gasteiger partial charge on any atom is 0.218 e. The molecule has 0 aliphatic carbocycles. The first-order valence-corrected chi connectivity index (χ1v) is 5.93. The van der Waals surface area contributed by atoms with Gasteiger partial charge in [-0.3, -0.25) is 0 Å². The van der Waals surface area contributed by atoms with Gasteiger partial charge in [0.15, 0.2) is 0 Å². The molecule has 0 aliphatic heterocycles. The highest BCUT2D eigenvalue weighted by Gasteiger charge is 2.06. The topological polar surface area (TPSA) is 60.2 Å². The molecular formula is C13H17N3O2. The molecule has 0 fully saturated rings. The van der Waals surface area contributed by atoms with E-state index in [2.05, 4.69) is 22.2 Å². The van der Waals surface area contributed by atoms with Crippen molar-refractivity contribution in [1.29, 1.82) is 0 Å². The summed E-state index contributed by atoms with van der Waals surface area (Å²) in [4.78, 5) is 8.11. The predicted octanol–water partition coefficient (Wildman–Crippen LogP) is 2.51. The Morgan fingerprint density at radius 1 is 1.44 bits per heavy atom. The van der Waals surface area contributed by atoms with Gasteiger partial charge in [-0.25, -0.2) is 9.97 Å². The number of aryl methyl sites for hydroxylation is 1. The van der Waals surface area contributed by atoms with Gasteiger partial charge in [-0.05, 0) is 25.5 Å². The Morgan fingerprint density at radius 2 is 2.33 bits per heavy atom. The third-order valence-electron chi connectivity index (χ3n) is 2.65. The fraction of sp³-hybridized carbons (Fsp3) is 0.385. The summed E-state index contributed by atoms with van der Waals surface area (Å²) in [6.07, 6.45) is 5.06. The van der Waals surface area contributed by atoms with Crippen molar-refractivity contribution in [3.05, 3.63) is 36.5 Å². The van der Waals surface area contributed by atoms with E-state index in [-0.39, 0.29) is 0 Å². The van der Waals surface area contributed by atoms with Crippen LogP contribution in [0.2, 0.25) is 0 Å². The molecule has 1 unspecified atom stereocenters. The van der Waals surface area contributed by atoms with Gasteiger partial charge in [0.25, 0.3) is 0 Å². The Morgan fingerprint density at radius 3 is 3.06 bits per heavy atom. The van der Waals surface area contributed by atoms with Crippen LogP contribution in [0.5, 0.6) is 5.88 Å². The maximum atomic E-state index is 5.30. The van der Waals surface area contributed by atoms with Gasteiger partial charge in [0.05, 0.1) is 13.4 Å². The van der Waals surface area contributed by atoms with Crippen molar-refractivity contribution in [2.24, 2.45) is 0 Å². The fourth-order valence-electron chi connectivity index (χ4n) is 1.67. The second kappa shape index (κ2) is 6.05. The first-order chi connectivity index (χ1) is 8.78. The fourth-order valence-corrected chi connectivity index (χ4v) is 1.67. The van der Waals surface area contributed by atoms with Gasteiger partial charge in [-0.15, -0.1) is 0 Å². The maximum absolute atomic E-state index is 5.30. The van der Waals surface area contributed by atoms with Crippen LogP contribution in [-0.4, -0.2) is 23.1 Å². The van der Waals surface area contributed by atoms with Crippen molar-refractivity contribution in [2.75, 3.05) is 12.4 Å². The zero-order chi connectivity index (χ0) is 12.8. The van der Waals surface area contributed by atoms with Crippen LogP contribution in [0.3, 0.4) is 0 Å². The van der Waals surface area contributed by atoms with Crippen LogP contribution >= 0.6 is 0 Å². The third-order valence-corrected chi connectivity index (χ3v) is 2.65. The molecule has 2 aromatic heterocycles. The number of nitrogens with zero attached hydrogens (tertiary/aromatic N) is 2.